The molecule has 2 rings (SSSR count). The summed E-state index contributed by atoms with van der Waals surface area (Å²) in [6.45, 7) is 0.206. The summed E-state index contributed by atoms with van der Waals surface area (Å²) in [6, 6.07) is 0. The van der Waals surface area contributed by atoms with Gasteiger partial charge in [0, 0.05) is 13.5 Å². The lowest BCUT2D eigenvalue weighted by Crippen LogP contribution is -2.41. The number of hydrogen-bond acceptors (Lipinski definition) is 4. The minimum absolute atomic E-state index is 0.0628. The first-order chi connectivity index (χ1) is 8.59. The van der Waals surface area contributed by atoms with E-state index in [0.717, 1.165) is 32.1 Å². The van der Waals surface area contributed by atoms with Crippen molar-refractivity contribution in [1.29, 1.82) is 0 Å². The number of carbonyl (C=O) groups excluding carboxylic acids is 2. The minimum atomic E-state index is -0.790. The SMILES string of the molecule is COCC(O)CN1C(=O)CC2(CCCCC2)C1=O. The molecule has 2 amide bonds. The number of methoxy groups -OCH3 is 1. The molecule has 5 nitrogen and oxygen atoms in total. The molecule has 1 aliphatic heterocycles. The quantitative estimate of drug-likeness (QED) is 0.751. The highest BCUT2D eigenvalue weighted by atomic mass is 16.5. The summed E-state index contributed by atoms with van der Waals surface area (Å²) in [5.41, 5.74) is -0.456. The third kappa shape index (κ3) is 2.42. The van der Waals surface area contributed by atoms with Crippen molar-refractivity contribution in [3.05, 3.63) is 0 Å². The van der Waals surface area contributed by atoms with Crippen LogP contribution in [0.15, 0.2) is 0 Å². The van der Waals surface area contributed by atoms with Crippen molar-refractivity contribution in [1.82, 2.24) is 4.90 Å². The van der Waals surface area contributed by atoms with Crippen LogP contribution in [0, 0.1) is 5.41 Å². The van der Waals surface area contributed by atoms with Crippen molar-refractivity contribution in [2.75, 3.05) is 20.3 Å². The molecule has 5 heteroatoms. The van der Waals surface area contributed by atoms with E-state index in [-0.39, 0.29) is 25.0 Å². The summed E-state index contributed by atoms with van der Waals surface area (Å²) in [5, 5.41) is 9.66. The molecule has 1 saturated heterocycles. The van der Waals surface area contributed by atoms with Gasteiger partial charge in [0.1, 0.15) is 0 Å². The molecule has 0 aromatic carbocycles. The van der Waals surface area contributed by atoms with Gasteiger partial charge < -0.3 is 9.84 Å². The Morgan fingerprint density at radius 1 is 1.33 bits per heavy atom. The maximum atomic E-state index is 12.4. The van der Waals surface area contributed by atoms with Crippen LogP contribution in [0.2, 0.25) is 0 Å². The van der Waals surface area contributed by atoms with Gasteiger partial charge in [-0.25, -0.2) is 0 Å². The fourth-order valence-corrected chi connectivity index (χ4v) is 3.12. The molecule has 1 N–H and O–H groups in total. The molecule has 18 heavy (non-hydrogen) atoms. The van der Waals surface area contributed by atoms with E-state index in [0.29, 0.717) is 6.42 Å². The van der Waals surface area contributed by atoms with E-state index >= 15 is 0 Å². The Balaban J connectivity index is 2.04. The molecule has 0 radical (unpaired) electrons. The summed E-state index contributed by atoms with van der Waals surface area (Å²) in [5.74, 6) is -0.223. The van der Waals surface area contributed by atoms with Crippen LogP contribution >= 0.6 is 0 Å². The maximum Gasteiger partial charge on any atom is 0.235 e. The van der Waals surface area contributed by atoms with Gasteiger partial charge in [0.15, 0.2) is 0 Å². The molecule has 1 unspecified atom stereocenters. The van der Waals surface area contributed by atoms with Gasteiger partial charge in [-0.3, -0.25) is 14.5 Å². The van der Waals surface area contributed by atoms with Crippen LogP contribution in [0.4, 0.5) is 0 Å². The molecule has 1 aliphatic carbocycles. The van der Waals surface area contributed by atoms with E-state index in [1.165, 1.54) is 12.0 Å². The predicted octanol–water partition coefficient (Wildman–Crippen LogP) is 0.703. The molecule has 1 saturated carbocycles. The van der Waals surface area contributed by atoms with Crippen LogP contribution in [0.5, 0.6) is 0 Å². The Morgan fingerprint density at radius 3 is 2.61 bits per heavy atom. The van der Waals surface area contributed by atoms with Crippen molar-refractivity contribution in [3.8, 4) is 0 Å². The van der Waals surface area contributed by atoms with Gasteiger partial charge in [0.25, 0.3) is 0 Å². The molecule has 2 fully saturated rings. The van der Waals surface area contributed by atoms with Gasteiger partial charge in [-0.2, -0.15) is 0 Å². The number of imide groups is 1. The Kier molecular flexibility index (Phi) is 4.02. The number of likely N-dealkylation sites (tertiary alicyclic amines) is 1. The van der Waals surface area contributed by atoms with Crippen molar-refractivity contribution in [3.63, 3.8) is 0 Å². The van der Waals surface area contributed by atoms with Crippen molar-refractivity contribution >= 4 is 11.8 Å². The minimum Gasteiger partial charge on any atom is -0.389 e. The molecule has 1 heterocycles. The highest BCUT2D eigenvalue weighted by molar-refractivity contribution is 6.05. The van der Waals surface area contributed by atoms with E-state index in [1.54, 1.807) is 0 Å². The van der Waals surface area contributed by atoms with Crippen LogP contribution in [-0.4, -0.2) is 48.2 Å². The van der Waals surface area contributed by atoms with Gasteiger partial charge in [0.05, 0.1) is 24.7 Å². The number of rotatable bonds is 4. The molecular weight excluding hydrogens is 234 g/mol. The van der Waals surface area contributed by atoms with Gasteiger partial charge in [-0.15, -0.1) is 0 Å². The number of ether oxygens (including phenoxy) is 1. The Morgan fingerprint density at radius 2 is 2.00 bits per heavy atom. The maximum absolute atomic E-state index is 12.4. The number of β-amino-alcohol motifs (C(OH)–C–C–N with tert-alkyl or cyclic N) is 1. The van der Waals surface area contributed by atoms with Crippen molar-refractivity contribution < 1.29 is 19.4 Å². The monoisotopic (exact) mass is 255 g/mol. The summed E-state index contributed by atoms with van der Waals surface area (Å²) >= 11 is 0. The largest absolute Gasteiger partial charge is 0.389 e. The molecular formula is C13H21NO4. The Labute approximate surface area is 107 Å². The number of amides is 2. The lowest BCUT2D eigenvalue weighted by Gasteiger charge is -2.30. The fraction of sp³-hybridized carbons (Fsp3) is 0.846. The van der Waals surface area contributed by atoms with Crippen molar-refractivity contribution in [2.24, 2.45) is 5.41 Å². The Bertz CT molecular complexity index is 336. The molecule has 0 aromatic rings. The third-order valence-corrected chi connectivity index (χ3v) is 4.05. The second-order valence-corrected chi connectivity index (χ2v) is 5.44. The smallest absolute Gasteiger partial charge is 0.235 e. The summed E-state index contributed by atoms with van der Waals surface area (Å²) in [7, 11) is 1.49. The fourth-order valence-electron chi connectivity index (χ4n) is 3.12. The van der Waals surface area contributed by atoms with Crippen LogP contribution < -0.4 is 0 Å². The lowest BCUT2D eigenvalue weighted by molar-refractivity contribution is -0.144. The normalized spacial score (nSPS) is 24.9. The average Bonchev–Trinajstić information content (AvgIpc) is 2.55. The van der Waals surface area contributed by atoms with Crippen molar-refractivity contribution in [2.45, 2.75) is 44.6 Å². The summed E-state index contributed by atoms with van der Waals surface area (Å²) in [6.07, 6.45) is 4.35. The van der Waals surface area contributed by atoms with Crippen LogP contribution in [0.25, 0.3) is 0 Å². The second-order valence-electron chi connectivity index (χ2n) is 5.44. The van der Waals surface area contributed by atoms with E-state index < -0.39 is 11.5 Å². The van der Waals surface area contributed by atoms with E-state index in [4.69, 9.17) is 4.74 Å². The summed E-state index contributed by atoms with van der Waals surface area (Å²) < 4.78 is 4.82. The van der Waals surface area contributed by atoms with Crippen LogP contribution in [0.1, 0.15) is 38.5 Å². The number of hydrogen-bond donors (Lipinski definition) is 1. The number of aliphatic hydroxyl groups is 1. The first-order valence-electron chi connectivity index (χ1n) is 6.61. The van der Waals surface area contributed by atoms with Crippen LogP contribution in [-0.2, 0) is 14.3 Å². The molecule has 2 aliphatic rings. The Hall–Kier alpha value is -0.940. The van der Waals surface area contributed by atoms with E-state index in [1.807, 2.05) is 0 Å². The lowest BCUT2D eigenvalue weighted by atomic mass is 9.73. The standard InChI is InChI=1S/C13H21NO4/c1-18-9-10(15)8-14-11(16)7-13(12(14)17)5-3-2-4-6-13/h10,15H,2-9H2,1H3. The van der Waals surface area contributed by atoms with Gasteiger partial charge in [0.2, 0.25) is 11.8 Å². The zero-order valence-corrected chi connectivity index (χ0v) is 10.9. The van der Waals surface area contributed by atoms with E-state index in [2.05, 4.69) is 0 Å². The topological polar surface area (TPSA) is 66.8 Å². The van der Waals surface area contributed by atoms with Gasteiger partial charge in [-0.1, -0.05) is 19.3 Å². The second kappa shape index (κ2) is 5.36. The van der Waals surface area contributed by atoms with Crippen LogP contribution in [0.3, 0.4) is 0 Å². The highest BCUT2D eigenvalue weighted by Gasteiger charge is 2.51. The van der Waals surface area contributed by atoms with E-state index in [9.17, 15) is 14.7 Å². The molecule has 0 aromatic heterocycles. The number of carbonyl (C=O) groups is 2. The zero-order chi connectivity index (χ0) is 13.2. The summed E-state index contributed by atoms with van der Waals surface area (Å²) in [4.78, 5) is 25.6. The molecule has 1 spiro atoms. The first kappa shape index (κ1) is 13.5. The number of aliphatic hydroxyl groups excluding tert-OH is 1. The predicted molar refractivity (Wildman–Crippen MR) is 64.7 cm³/mol. The first-order valence-corrected chi connectivity index (χ1v) is 6.61. The molecule has 1 atom stereocenters. The molecule has 102 valence electrons. The molecule has 0 bridgehead atoms. The number of nitrogens with zero attached hydrogens (tertiary/aromatic N) is 1. The third-order valence-electron chi connectivity index (χ3n) is 4.05. The van der Waals surface area contributed by atoms with Gasteiger partial charge >= 0.3 is 0 Å². The van der Waals surface area contributed by atoms with Gasteiger partial charge in [-0.05, 0) is 12.8 Å². The highest BCUT2D eigenvalue weighted by Crippen LogP contribution is 2.45. The average molecular weight is 255 g/mol. The zero-order valence-electron chi connectivity index (χ0n) is 10.9.